The zero-order valence-electron chi connectivity index (χ0n) is 14.6. The Balaban J connectivity index is 1.69. The van der Waals surface area contributed by atoms with Crippen molar-refractivity contribution in [2.75, 3.05) is 27.4 Å². The molecule has 1 aliphatic rings. The summed E-state index contributed by atoms with van der Waals surface area (Å²) >= 11 is 6.11. The van der Waals surface area contributed by atoms with Gasteiger partial charge in [0.05, 0.1) is 19.2 Å². The number of benzene rings is 2. The lowest BCUT2D eigenvalue weighted by atomic mass is 10.2. The van der Waals surface area contributed by atoms with E-state index in [-0.39, 0.29) is 16.1 Å². The van der Waals surface area contributed by atoms with E-state index in [1.807, 2.05) is 0 Å². The maximum Gasteiger partial charge on any atom is 0.269 e. The van der Waals surface area contributed by atoms with Crippen LogP contribution in [0.4, 0.5) is 0 Å². The Morgan fingerprint density at radius 2 is 1.59 bits per heavy atom. The van der Waals surface area contributed by atoms with Crippen molar-refractivity contribution in [3.8, 4) is 23.0 Å². The van der Waals surface area contributed by atoms with Crippen molar-refractivity contribution in [1.29, 1.82) is 0 Å². The molecular weight excluding hydrogens is 376 g/mol. The predicted octanol–water partition coefficient (Wildman–Crippen LogP) is 2.20. The number of ether oxygens (including phenoxy) is 4. The minimum Gasteiger partial charge on any atom is -0.493 e. The lowest BCUT2D eigenvalue weighted by molar-refractivity contribution is 0.0846. The topological polar surface area (TPSA) is 95.1 Å². The lowest BCUT2D eigenvalue weighted by Crippen LogP contribution is -2.41. The highest BCUT2D eigenvalue weighted by molar-refractivity contribution is 6.32. The molecule has 0 bridgehead atoms. The van der Waals surface area contributed by atoms with E-state index in [4.69, 9.17) is 30.5 Å². The Morgan fingerprint density at radius 3 is 2.30 bits per heavy atom. The summed E-state index contributed by atoms with van der Waals surface area (Å²) in [6.45, 7) is 0.754. The van der Waals surface area contributed by atoms with E-state index < -0.39 is 11.8 Å². The van der Waals surface area contributed by atoms with Gasteiger partial charge in [-0.2, -0.15) is 0 Å². The Bertz CT molecular complexity index is 886. The van der Waals surface area contributed by atoms with E-state index in [1.165, 1.54) is 32.4 Å². The van der Waals surface area contributed by atoms with Gasteiger partial charge >= 0.3 is 0 Å². The molecule has 2 amide bonds. The average Bonchev–Trinajstić information content (AvgIpc) is 2.71. The molecular formula is C18H17ClN2O6. The maximum absolute atomic E-state index is 12.3. The molecule has 8 nitrogen and oxygen atoms in total. The van der Waals surface area contributed by atoms with Crippen LogP contribution < -0.4 is 29.8 Å². The van der Waals surface area contributed by atoms with Crippen LogP contribution in [-0.2, 0) is 0 Å². The van der Waals surface area contributed by atoms with Gasteiger partial charge < -0.3 is 18.9 Å². The molecule has 2 aromatic carbocycles. The molecule has 0 spiro atoms. The molecule has 2 aromatic rings. The fourth-order valence-corrected chi connectivity index (χ4v) is 2.74. The van der Waals surface area contributed by atoms with Crippen molar-refractivity contribution in [2.24, 2.45) is 0 Å². The number of carbonyl (C=O) groups is 2. The first-order valence-electron chi connectivity index (χ1n) is 7.95. The Morgan fingerprint density at radius 1 is 0.926 bits per heavy atom. The lowest BCUT2D eigenvalue weighted by Gasteiger charge is -2.20. The van der Waals surface area contributed by atoms with Gasteiger partial charge in [-0.15, -0.1) is 0 Å². The number of halogens is 1. The van der Waals surface area contributed by atoms with Gasteiger partial charge in [-0.25, -0.2) is 0 Å². The molecule has 0 saturated heterocycles. The molecule has 0 aliphatic carbocycles. The van der Waals surface area contributed by atoms with Gasteiger partial charge in [0.25, 0.3) is 11.8 Å². The fourth-order valence-electron chi connectivity index (χ4n) is 2.48. The van der Waals surface area contributed by atoms with Crippen LogP contribution in [0.2, 0.25) is 5.02 Å². The van der Waals surface area contributed by atoms with Crippen LogP contribution in [0.3, 0.4) is 0 Å². The number of hydrazine groups is 1. The summed E-state index contributed by atoms with van der Waals surface area (Å²) in [6.07, 6.45) is 0. The Kier molecular flexibility index (Phi) is 5.56. The number of nitrogens with one attached hydrogen (secondary N) is 2. The van der Waals surface area contributed by atoms with Gasteiger partial charge in [-0.1, -0.05) is 11.6 Å². The SMILES string of the molecule is COc1ccc(C(=O)NNC(=O)c2cc(Cl)c3c(c2)OCCO3)cc1OC. The van der Waals surface area contributed by atoms with Crippen LogP contribution in [0.5, 0.6) is 23.0 Å². The summed E-state index contributed by atoms with van der Waals surface area (Å²) in [7, 11) is 2.96. The van der Waals surface area contributed by atoms with Gasteiger partial charge in [0.1, 0.15) is 13.2 Å². The van der Waals surface area contributed by atoms with E-state index in [9.17, 15) is 9.59 Å². The number of fused-ring (bicyclic) bond motifs is 1. The standard InChI is InChI=1S/C18H17ClN2O6/c1-24-13-4-3-10(8-14(13)25-2)17(22)20-21-18(23)11-7-12(19)16-15(9-11)26-5-6-27-16/h3-4,7-9H,5-6H2,1-2H3,(H,20,22)(H,21,23). The fraction of sp³-hybridized carbons (Fsp3) is 0.222. The summed E-state index contributed by atoms with van der Waals surface area (Å²) in [5, 5.41) is 0.253. The van der Waals surface area contributed by atoms with Crippen molar-refractivity contribution in [1.82, 2.24) is 10.9 Å². The molecule has 0 radical (unpaired) electrons. The summed E-state index contributed by atoms with van der Waals surface area (Å²) < 4.78 is 21.1. The molecule has 1 aliphatic heterocycles. The summed E-state index contributed by atoms with van der Waals surface area (Å²) in [5.41, 5.74) is 5.17. The first-order valence-corrected chi connectivity index (χ1v) is 8.33. The van der Waals surface area contributed by atoms with Crippen LogP contribution in [0.1, 0.15) is 20.7 Å². The van der Waals surface area contributed by atoms with Crippen LogP contribution in [0.25, 0.3) is 0 Å². The average molecular weight is 393 g/mol. The van der Waals surface area contributed by atoms with E-state index >= 15 is 0 Å². The number of carbonyl (C=O) groups excluding carboxylic acids is 2. The third-order valence-corrected chi connectivity index (χ3v) is 4.08. The highest BCUT2D eigenvalue weighted by Gasteiger charge is 2.20. The molecule has 9 heteroatoms. The molecule has 0 atom stereocenters. The van der Waals surface area contributed by atoms with Gasteiger partial charge in [0, 0.05) is 11.1 Å². The first-order chi connectivity index (χ1) is 13.0. The largest absolute Gasteiger partial charge is 0.493 e. The quantitative estimate of drug-likeness (QED) is 0.774. The van der Waals surface area contributed by atoms with Crippen molar-refractivity contribution in [2.45, 2.75) is 0 Å². The summed E-state index contributed by atoms with van der Waals surface area (Å²) in [4.78, 5) is 24.6. The van der Waals surface area contributed by atoms with Gasteiger partial charge in [0.2, 0.25) is 0 Å². The zero-order valence-corrected chi connectivity index (χ0v) is 15.4. The molecule has 0 aromatic heterocycles. The van der Waals surface area contributed by atoms with E-state index in [0.717, 1.165) is 0 Å². The van der Waals surface area contributed by atoms with Crippen molar-refractivity contribution in [3.05, 3.63) is 46.5 Å². The molecule has 0 fully saturated rings. The molecule has 0 unspecified atom stereocenters. The number of hydrogen-bond donors (Lipinski definition) is 2. The highest BCUT2D eigenvalue weighted by atomic mass is 35.5. The van der Waals surface area contributed by atoms with Gasteiger partial charge in [0.15, 0.2) is 23.0 Å². The second kappa shape index (κ2) is 8.05. The maximum atomic E-state index is 12.3. The van der Waals surface area contributed by atoms with Crippen LogP contribution in [0, 0.1) is 0 Å². The normalized spacial score (nSPS) is 12.1. The first kappa shape index (κ1) is 18.7. The molecule has 3 rings (SSSR count). The van der Waals surface area contributed by atoms with Crippen molar-refractivity contribution < 1.29 is 28.5 Å². The number of amides is 2. The second-order valence-corrected chi connectivity index (χ2v) is 5.87. The third kappa shape index (κ3) is 4.01. The molecule has 27 heavy (non-hydrogen) atoms. The second-order valence-electron chi connectivity index (χ2n) is 5.46. The van der Waals surface area contributed by atoms with Gasteiger partial charge in [-0.05, 0) is 30.3 Å². The van der Waals surface area contributed by atoms with E-state index in [1.54, 1.807) is 12.1 Å². The van der Waals surface area contributed by atoms with E-state index in [0.29, 0.717) is 36.2 Å². The summed E-state index contributed by atoms with van der Waals surface area (Å²) in [6, 6.07) is 7.58. The number of methoxy groups -OCH3 is 2. The highest BCUT2D eigenvalue weighted by Crippen LogP contribution is 2.38. The molecule has 1 heterocycles. The minimum absolute atomic E-state index is 0.219. The Hall–Kier alpha value is -3.13. The smallest absolute Gasteiger partial charge is 0.269 e. The molecule has 2 N–H and O–H groups in total. The van der Waals surface area contributed by atoms with Crippen LogP contribution in [-0.4, -0.2) is 39.2 Å². The van der Waals surface area contributed by atoms with E-state index in [2.05, 4.69) is 10.9 Å². The van der Waals surface area contributed by atoms with Crippen LogP contribution >= 0.6 is 11.6 Å². The Labute approximate surface area is 160 Å². The van der Waals surface area contributed by atoms with Gasteiger partial charge in [-0.3, -0.25) is 20.4 Å². The third-order valence-electron chi connectivity index (χ3n) is 3.79. The van der Waals surface area contributed by atoms with Crippen molar-refractivity contribution in [3.63, 3.8) is 0 Å². The number of rotatable bonds is 4. The predicted molar refractivity (Wildman–Crippen MR) is 96.9 cm³/mol. The monoisotopic (exact) mass is 392 g/mol. The zero-order chi connectivity index (χ0) is 19.4. The minimum atomic E-state index is -0.553. The molecule has 0 saturated carbocycles. The molecule has 142 valence electrons. The number of hydrogen-bond acceptors (Lipinski definition) is 6. The summed E-state index contributed by atoms with van der Waals surface area (Å²) in [5.74, 6) is 0.591. The van der Waals surface area contributed by atoms with Crippen molar-refractivity contribution >= 4 is 23.4 Å². The van der Waals surface area contributed by atoms with Crippen LogP contribution in [0.15, 0.2) is 30.3 Å².